The van der Waals surface area contributed by atoms with Crippen molar-refractivity contribution in [2.45, 2.75) is 24.0 Å². The van der Waals surface area contributed by atoms with Gasteiger partial charge in [-0.2, -0.15) is 4.72 Å². The van der Waals surface area contributed by atoms with Crippen molar-refractivity contribution in [1.29, 1.82) is 0 Å². The topological polar surface area (TPSA) is 110 Å². The molecule has 0 aliphatic carbocycles. The number of rotatable bonds is 8. The number of aliphatic hydroxyl groups is 1. The van der Waals surface area contributed by atoms with Gasteiger partial charge in [-0.15, -0.1) is 11.3 Å². The molecular weight excluding hydrogens is 482 g/mol. The third-order valence-electron chi connectivity index (χ3n) is 3.34. The highest BCUT2D eigenvalue weighted by atomic mass is 79.9. The number of carbonyl (C=O) groups is 2. The van der Waals surface area contributed by atoms with Gasteiger partial charge < -0.3 is 9.84 Å². The maximum Gasteiger partial charge on any atom is 0.327 e. The average molecular weight is 497 g/mol. The van der Waals surface area contributed by atoms with Crippen LogP contribution in [0.5, 0.6) is 0 Å². The number of ether oxygens (including phenoxy) is 1. The highest BCUT2D eigenvalue weighted by Crippen LogP contribution is 2.22. The number of carbonyl (C=O) groups excluding carboxylic acids is 2. The summed E-state index contributed by atoms with van der Waals surface area (Å²) < 4.78 is 32.5. The minimum Gasteiger partial charge on any atom is -0.456 e. The molecule has 7 nitrogen and oxygen atoms in total. The van der Waals surface area contributed by atoms with Gasteiger partial charge in [-0.25, -0.2) is 8.42 Å². The lowest BCUT2D eigenvalue weighted by atomic mass is 10.2. The Morgan fingerprint density at radius 2 is 1.89 bits per heavy atom. The van der Waals surface area contributed by atoms with Gasteiger partial charge in [-0.05, 0) is 59.3 Å². The Balaban J connectivity index is 2.06. The molecule has 2 N–H and O–H groups in total. The Bertz CT molecular complexity index is 927. The molecule has 27 heavy (non-hydrogen) atoms. The fourth-order valence-corrected chi connectivity index (χ4v) is 4.65. The Kier molecular flexibility index (Phi) is 7.55. The van der Waals surface area contributed by atoms with E-state index >= 15 is 0 Å². The molecule has 11 heteroatoms. The highest BCUT2D eigenvalue weighted by Gasteiger charge is 2.31. The van der Waals surface area contributed by atoms with E-state index in [0.29, 0.717) is 9.90 Å². The van der Waals surface area contributed by atoms with Crippen molar-refractivity contribution >= 4 is 60.6 Å². The van der Waals surface area contributed by atoms with E-state index in [0.717, 1.165) is 3.79 Å². The second-order valence-corrected chi connectivity index (χ2v) is 10.0. The van der Waals surface area contributed by atoms with Crippen LogP contribution in [0.25, 0.3) is 0 Å². The molecule has 0 aliphatic rings. The number of aliphatic hydroxyl groups excluding tert-OH is 1. The van der Waals surface area contributed by atoms with E-state index in [9.17, 15) is 23.1 Å². The fourth-order valence-electron chi connectivity index (χ4n) is 1.95. The summed E-state index contributed by atoms with van der Waals surface area (Å²) in [5.41, 5.74) is 0. The van der Waals surface area contributed by atoms with Gasteiger partial charge in [-0.3, -0.25) is 9.59 Å². The van der Waals surface area contributed by atoms with E-state index in [-0.39, 0.29) is 4.90 Å². The van der Waals surface area contributed by atoms with Crippen LogP contribution in [-0.2, 0) is 19.6 Å². The summed E-state index contributed by atoms with van der Waals surface area (Å²) >= 11 is 10.1. The third-order valence-corrected chi connectivity index (χ3v) is 6.71. The Morgan fingerprint density at radius 1 is 1.26 bits per heavy atom. The van der Waals surface area contributed by atoms with E-state index in [1.54, 1.807) is 12.1 Å². The van der Waals surface area contributed by atoms with Gasteiger partial charge in [0.1, 0.15) is 6.04 Å². The first-order chi connectivity index (χ1) is 12.6. The molecule has 0 bridgehead atoms. The van der Waals surface area contributed by atoms with E-state index in [2.05, 4.69) is 20.7 Å². The summed E-state index contributed by atoms with van der Waals surface area (Å²) in [4.78, 5) is 24.4. The monoisotopic (exact) mass is 495 g/mol. The summed E-state index contributed by atoms with van der Waals surface area (Å²) in [6, 6.07) is 6.95. The van der Waals surface area contributed by atoms with E-state index in [1.165, 1.54) is 42.5 Å². The molecule has 2 aromatic rings. The van der Waals surface area contributed by atoms with Crippen LogP contribution in [0.2, 0.25) is 5.02 Å². The predicted octanol–water partition coefficient (Wildman–Crippen LogP) is 2.62. The van der Waals surface area contributed by atoms with Crippen LogP contribution in [0.4, 0.5) is 0 Å². The van der Waals surface area contributed by atoms with Crippen molar-refractivity contribution < 1.29 is 27.9 Å². The molecule has 2 rings (SSSR count). The first-order valence-corrected chi connectivity index (χ1v) is 11.0. The first kappa shape index (κ1) is 22.0. The molecule has 1 aromatic heterocycles. The number of thiophene rings is 1. The van der Waals surface area contributed by atoms with Gasteiger partial charge in [-0.1, -0.05) is 11.6 Å². The summed E-state index contributed by atoms with van der Waals surface area (Å²) in [7, 11) is -4.11. The largest absolute Gasteiger partial charge is 0.456 e. The number of benzene rings is 1. The quantitative estimate of drug-likeness (QED) is 0.429. The molecule has 0 fully saturated rings. The Morgan fingerprint density at radius 3 is 2.41 bits per heavy atom. The van der Waals surface area contributed by atoms with Gasteiger partial charge in [0.05, 0.1) is 19.7 Å². The van der Waals surface area contributed by atoms with E-state index in [4.69, 9.17) is 16.3 Å². The van der Waals surface area contributed by atoms with Crippen LogP contribution in [0, 0.1) is 0 Å². The van der Waals surface area contributed by atoms with Crippen LogP contribution >= 0.6 is 38.9 Å². The molecule has 2 atom stereocenters. The van der Waals surface area contributed by atoms with E-state index < -0.39 is 40.5 Å². The number of nitrogens with one attached hydrogen (secondary N) is 1. The zero-order valence-electron chi connectivity index (χ0n) is 13.9. The maximum atomic E-state index is 12.4. The van der Waals surface area contributed by atoms with Gasteiger partial charge >= 0.3 is 5.97 Å². The molecule has 146 valence electrons. The molecular formula is C16H15BrClNO6S2. The normalized spacial score (nSPS) is 13.8. The van der Waals surface area contributed by atoms with Gasteiger partial charge in [0, 0.05) is 5.02 Å². The number of sulfonamides is 1. The van der Waals surface area contributed by atoms with Crippen LogP contribution in [0.3, 0.4) is 0 Å². The number of hydrogen-bond donors (Lipinski definition) is 2. The van der Waals surface area contributed by atoms with Crippen molar-refractivity contribution in [3.05, 3.63) is 50.1 Å². The Hall–Kier alpha value is -1.30. The number of ketones is 1. The summed E-state index contributed by atoms with van der Waals surface area (Å²) in [6.07, 6.45) is -1.38. The SMILES string of the molecule is C[C@@H](O)[C@@H](NS(=O)(=O)c1ccc(Cl)cc1)C(=O)OCC(=O)c1ccc(Br)s1. The van der Waals surface area contributed by atoms with Crippen LogP contribution in [0.15, 0.2) is 45.1 Å². The van der Waals surface area contributed by atoms with Crippen LogP contribution in [-0.4, -0.2) is 44.0 Å². The summed E-state index contributed by atoms with van der Waals surface area (Å²) in [5, 5.41) is 10.1. The molecule has 1 heterocycles. The first-order valence-electron chi connectivity index (χ1n) is 7.51. The minimum atomic E-state index is -4.11. The van der Waals surface area contributed by atoms with E-state index in [1.807, 2.05) is 0 Å². The predicted molar refractivity (Wildman–Crippen MR) is 105 cm³/mol. The lowest BCUT2D eigenvalue weighted by molar-refractivity contribution is -0.147. The summed E-state index contributed by atoms with van der Waals surface area (Å²) in [6.45, 7) is 0.659. The molecule has 0 aliphatic heterocycles. The van der Waals surface area contributed by atoms with Crippen molar-refractivity contribution in [2.75, 3.05) is 6.61 Å². The molecule has 0 spiro atoms. The standard InChI is InChI=1S/C16H15BrClNO6S2/c1-9(20)15(19-27(23,24)11-4-2-10(18)3-5-11)16(22)25-8-12(21)13-6-7-14(17)26-13/h2-7,9,15,19-20H,8H2,1H3/t9-,15-/m1/s1. The second kappa shape index (κ2) is 9.26. The summed E-state index contributed by atoms with van der Waals surface area (Å²) in [5.74, 6) is -1.50. The average Bonchev–Trinajstić information content (AvgIpc) is 3.04. The van der Waals surface area contributed by atoms with Gasteiger partial charge in [0.15, 0.2) is 6.61 Å². The van der Waals surface area contributed by atoms with Crippen molar-refractivity contribution in [1.82, 2.24) is 4.72 Å². The van der Waals surface area contributed by atoms with Crippen LogP contribution in [0.1, 0.15) is 16.6 Å². The smallest absolute Gasteiger partial charge is 0.327 e. The second-order valence-electron chi connectivity index (χ2n) is 5.43. The number of esters is 1. The maximum absolute atomic E-state index is 12.4. The number of halogens is 2. The minimum absolute atomic E-state index is 0.134. The van der Waals surface area contributed by atoms with Gasteiger partial charge in [0.25, 0.3) is 0 Å². The molecule has 0 saturated heterocycles. The molecule has 0 radical (unpaired) electrons. The molecule has 1 aromatic carbocycles. The highest BCUT2D eigenvalue weighted by molar-refractivity contribution is 9.11. The molecule has 0 amide bonds. The zero-order chi connectivity index (χ0) is 20.2. The van der Waals surface area contributed by atoms with Crippen molar-refractivity contribution in [3.63, 3.8) is 0 Å². The lowest BCUT2D eigenvalue weighted by Gasteiger charge is -2.19. The Labute approximate surface area is 173 Å². The molecule has 0 saturated carbocycles. The molecule has 0 unspecified atom stereocenters. The number of Topliss-reactive ketones (excluding diaryl/α,β-unsaturated/α-hetero) is 1. The van der Waals surface area contributed by atoms with Gasteiger partial charge in [0.2, 0.25) is 15.8 Å². The number of hydrogen-bond acceptors (Lipinski definition) is 7. The lowest BCUT2D eigenvalue weighted by Crippen LogP contribution is -2.48. The van der Waals surface area contributed by atoms with Crippen LogP contribution < -0.4 is 4.72 Å². The zero-order valence-corrected chi connectivity index (χ0v) is 17.9. The third kappa shape index (κ3) is 6.09. The van der Waals surface area contributed by atoms with Crippen molar-refractivity contribution in [2.24, 2.45) is 0 Å². The fraction of sp³-hybridized carbons (Fsp3) is 0.250. The van der Waals surface area contributed by atoms with Crippen molar-refractivity contribution in [3.8, 4) is 0 Å².